The molecule has 1 N–H and O–H groups in total. The molecule has 2 rings (SSSR count). The third-order valence-electron chi connectivity index (χ3n) is 3.87. The monoisotopic (exact) mass is 342 g/mol. The lowest BCUT2D eigenvalue weighted by Gasteiger charge is -2.22. The Balaban J connectivity index is 1.98. The molecule has 0 aliphatic carbocycles. The molecule has 0 aromatic heterocycles. The largest absolute Gasteiger partial charge is 0.465 e. The van der Waals surface area contributed by atoms with Gasteiger partial charge in [0.05, 0.1) is 32.3 Å². The van der Waals surface area contributed by atoms with Gasteiger partial charge < -0.3 is 14.6 Å². The number of hydrogen-bond acceptors (Lipinski definition) is 4. The molecular formula is C21H26O4. The van der Waals surface area contributed by atoms with E-state index in [0.29, 0.717) is 6.61 Å². The number of carbonyl (C=O) groups excluding carboxylic acids is 1. The van der Waals surface area contributed by atoms with Crippen molar-refractivity contribution in [3.63, 3.8) is 0 Å². The van der Waals surface area contributed by atoms with Crippen LogP contribution in [0.1, 0.15) is 37.5 Å². The van der Waals surface area contributed by atoms with Crippen LogP contribution in [0.5, 0.6) is 0 Å². The van der Waals surface area contributed by atoms with Gasteiger partial charge >= 0.3 is 5.97 Å². The molecule has 1 unspecified atom stereocenters. The van der Waals surface area contributed by atoms with Crippen LogP contribution in [0.4, 0.5) is 0 Å². The third-order valence-corrected chi connectivity index (χ3v) is 3.87. The second-order valence-corrected chi connectivity index (χ2v) is 6.88. The van der Waals surface area contributed by atoms with Crippen molar-refractivity contribution >= 4 is 5.97 Å². The zero-order chi connectivity index (χ0) is 18.1. The van der Waals surface area contributed by atoms with Crippen molar-refractivity contribution in [2.45, 2.75) is 33.0 Å². The number of carbonyl (C=O) groups is 1. The molecule has 0 saturated heterocycles. The number of benzene rings is 2. The Morgan fingerprint density at radius 3 is 2.24 bits per heavy atom. The molecule has 1 atom stereocenters. The van der Waals surface area contributed by atoms with Crippen LogP contribution in [0.2, 0.25) is 0 Å². The van der Waals surface area contributed by atoms with Gasteiger partial charge in [0.1, 0.15) is 0 Å². The number of ether oxygens (including phenoxy) is 2. The van der Waals surface area contributed by atoms with Crippen LogP contribution < -0.4 is 0 Å². The number of aliphatic hydroxyl groups is 1. The van der Waals surface area contributed by atoms with Crippen molar-refractivity contribution in [1.29, 1.82) is 0 Å². The van der Waals surface area contributed by atoms with Crippen LogP contribution >= 0.6 is 0 Å². The van der Waals surface area contributed by atoms with Crippen molar-refractivity contribution < 1.29 is 19.4 Å². The highest BCUT2D eigenvalue weighted by Gasteiger charge is 2.22. The first-order valence-corrected chi connectivity index (χ1v) is 8.47. The molecule has 0 amide bonds. The minimum atomic E-state index is -0.442. The van der Waals surface area contributed by atoms with Crippen LogP contribution in [0.25, 0.3) is 0 Å². The lowest BCUT2D eigenvalue weighted by molar-refractivity contribution is -0.151. The summed E-state index contributed by atoms with van der Waals surface area (Å²) in [5.74, 6) is -0.330. The van der Waals surface area contributed by atoms with Gasteiger partial charge in [-0.25, -0.2) is 0 Å². The first-order chi connectivity index (χ1) is 12.0. The predicted molar refractivity (Wildman–Crippen MR) is 96.9 cm³/mol. The Morgan fingerprint density at radius 2 is 1.64 bits per heavy atom. The summed E-state index contributed by atoms with van der Waals surface area (Å²) in [4.78, 5) is 12.2. The zero-order valence-corrected chi connectivity index (χ0v) is 14.9. The molecule has 2 aromatic rings. The van der Waals surface area contributed by atoms with Crippen LogP contribution in [0.3, 0.4) is 0 Å². The molecular weight excluding hydrogens is 316 g/mol. The summed E-state index contributed by atoms with van der Waals surface area (Å²) < 4.78 is 11.3. The van der Waals surface area contributed by atoms with E-state index in [1.165, 1.54) is 0 Å². The molecule has 0 spiro atoms. The van der Waals surface area contributed by atoms with Gasteiger partial charge in [-0.15, -0.1) is 0 Å². The Morgan fingerprint density at radius 1 is 1.04 bits per heavy atom. The van der Waals surface area contributed by atoms with Gasteiger partial charge in [0.2, 0.25) is 0 Å². The highest BCUT2D eigenvalue weighted by Crippen LogP contribution is 2.24. The van der Waals surface area contributed by atoms with Crippen LogP contribution in [-0.2, 0) is 20.9 Å². The molecule has 2 aromatic carbocycles. The molecule has 134 valence electrons. The SMILES string of the molecule is CC(C)(CO)COC(=O)CC(OCc1ccccc1)c1ccccc1. The molecule has 4 heteroatoms. The smallest absolute Gasteiger partial charge is 0.308 e. The number of rotatable bonds is 9. The highest BCUT2D eigenvalue weighted by molar-refractivity contribution is 5.70. The van der Waals surface area contributed by atoms with E-state index in [4.69, 9.17) is 9.47 Å². The zero-order valence-electron chi connectivity index (χ0n) is 14.9. The average molecular weight is 342 g/mol. The fraction of sp³-hybridized carbons (Fsp3) is 0.381. The lowest BCUT2D eigenvalue weighted by atomic mass is 9.96. The summed E-state index contributed by atoms with van der Waals surface area (Å²) >= 11 is 0. The van der Waals surface area contributed by atoms with Crippen molar-refractivity contribution in [2.24, 2.45) is 5.41 Å². The first kappa shape index (κ1) is 19.2. The molecule has 25 heavy (non-hydrogen) atoms. The van der Waals surface area contributed by atoms with Gasteiger partial charge in [-0.3, -0.25) is 4.79 Å². The molecule has 0 aliphatic rings. The van der Waals surface area contributed by atoms with Crippen molar-refractivity contribution in [1.82, 2.24) is 0 Å². The van der Waals surface area contributed by atoms with E-state index in [-0.39, 0.29) is 31.7 Å². The predicted octanol–water partition coefficient (Wildman–Crippen LogP) is 3.90. The summed E-state index contributed by atoms with van der Waals surface area (Å²) in [6.07, 6.45) is -0.232. The topological polar surface area (TPSA) is 55.8 Å². The van der Waals surface area contributed by atoms with Crippen LogP contribution in [0.15, 0.2) is 60.7 Å². The van der Waals surface area contributed by atoms with E-state index in [1.54, 1.807) is 0 Å². The van der Waals surface area contributed by atoms with Gasteiger partial charge in [0, 0.05) is 5.41 Å². The fourth-order valence-corrected chi connectivity index (χ4v) is 2.24. The molecule has 0 heterocycles. The summed E-state index contributed by atoms with van der Waals surface area (Å²) in [7, 11) is 0. The van der Waals surface area contributed by atoms with Gasteiger partial charge in [0.15, 0.2) is 0 Å². The average Bonchev–Trinajstić information content (AvgIpc) is 2.65. The molecule has 4 nitrogen and oxygen atoms in total. The van der Waals surface area contributed by atoms with E-state index >= 15 is 0 Å². The van der Waals surface area contributed by atoms with Gasteiger partial charge in [-0.1, -0.05) is 74.5 Å². The van der Waals surface area contributed by atoms with Crippen molar-refractivity contribution in [2.75, 3.05) is 13.2 Å². The minimum Gasteiger partial charge on any atom is -0.465 e. The van der Waals surface area contributed by atoms with E-state index in [2.05, 4.69) is 0 Å². The van der Waals surface area contributed by atoms with Crippen LogP contribution in [0, 0.1) is 5.41 Å². The normalized spacial score (nSPS) is 12.6. The van der Waals surface area contributed by atoms with E-state index in [1.807, 2.05) is 74.5 Å². The van der Waals surface area contributed by atoms with Crippen molar-refractivity contribution in [3.8, 4) is 0 Å². The standard InChI is InChI=1S/C21H26O4/c1-21(2,15-22)16-25-20(23)13-19(18-11-7-4-8-12-18)24-14-17-9-5-3-6-10-17/h3-12,19,22H,13-16H2,1-2H3. The Bertz CT molecular complexity index is 637. The third kappa shape index (κ3) is 6.69. The quantitative estimate of drug-likeness (QED) is 0.702. The summed E-state index contributed by atoms with van der Waals surface area (Å²) in [5.41, 5.74) is 1.55. The molecule has 0 aliphatic heterocycles. The van der Waals surface area contributed by atoms with E-state index in [9.17, 15) is 9.90 Å². The Kier molecular flexibility index (Phi) is 7.16. The molecule has 0 saturated carbocycles. The maximum absolute atomic E-state index is 12.2. The van der Waals surface area contributed by atoms with Gasteiger partial charge in [0.25, 0.3) is 0 Å². The summed E-state index contributed by atoms with van der Waals surface area (Å²) in [6.45, 7) is 4.27. The maximum Gasteiger partial charge on any atom is 0.308 e. The molecule has 0 radical (unpaired) electrons. The maximum atomic E-state index is 12.2. The van der Waals surface area contributed by atoms with Crippen molar-refractivity contribution in [3.05, 3.63) is 71.8 Å². The highest BCUT2D eigenvalue weighted by atomic mass is 16.5. The van der Waals surface area contributed by atoms with Gasteiger partial charge in [-0.05, 0) is 11.1 Å². The number of hydrogen-bond donors (Lipinski definition) is 1. The second kappa shape index (κ2) is 9.35. The number of aliphatic hydroxyl groups excluding tert-OH is 1. The number of esters is 1. The second-order valence-electron chi connectivity index (χ2n) is 6.88. The van der Waals surface area contributed by atoms with E-state index < -0.39 is 5.41 Å². The minimum absolute atomic E-state index is 0.0348. The summed E-state index contributed by atoms with van der Waals surface area (Å²) in [5, 5.41) is 9.26. The molecule has 0 bridgehead atoms. The van der Waals surface area contributed by atoms with Crippen LogP contribution in [-0.4, -0.2) is 24.3 Å². The summed E-state index contributed by atoms with van der Waals surface area (Å²) in [6, 6.07) is 19.5. The van der Waals surface area contributed by atoms with E-state index in [0.717, 1.165) is 11.1 Å². The fourth-order valence-electron chi connectivity index (χ4n) is 2.24. The Labute approximate surface area is 149 Å². The first-order valence-electron chi connectivity index (χ1n) is 8.47. The molecule has 0 fully saturated rings. The Hall–Kier alpha value is -2.17. The van der Waals surface area contributed by atoms with Gasteiger partial charge in [-0.2, -0.15) is 0 Å². The lowest BCUT2D eigenvalue weighted by Crippen LogP contribution is -2.26.